The number of aliphatic hydroxyl groups excluding tert-OH is 1. The maximum atomic E-state index is 9.32. The van der Waals surface area contributed by atoms with Gasteiger partial charge in [-0.2, -0.15) is 0 Å². The Balaban J connectivity index is 2.29. The average molecular weight is 225 g/mol. The molecule has 1 atom stereocenters. The molecule has 0 aliphatic heterocycles. The first-order chi connectivity index (χ1) is 7.63. The van der Waals surface area contributed by atoms with Crippen molar-refractivity contribution >= 4 is 0 Å². The summed E-state index contributed by atoms with van der Waals surface area (Å²) in [5.74, 6) is -0.210. The fourth-order valence-corrected chi connectivity index (χ4v) is 1.38. The van der Waals surface area contributed by atoms with Crippen LogP contribution in [0, 0.1) is 0 Å². The van der Waals surface area contributed by atoms with E-state index in [1.807, 2.05) is 6.92 Å². The lowest BCUT2D eigenvalue weighted by Crippen LogP contribution is -2.19. The first-order valence-electron chi connectivity index (χ1n) is 5.53. The van der Waals surface area contributed by atoms with Crippen molar-refractivity contribution in [3.63, 3.8) is 0 Å². The number of hydrogen-bond donors (Lipinski definition) is 4. The molecule has 0 radical (unpaired) electrons. The predicted octanol–water partition coefficient (Wildman–Crippen LogP) is 1.35. The van der Waals surface area contributed by atoms with E-state index in [4.69, 9.17) is 5.11 Å². The number of rotatable bonds is 6. The van der Waals surface area contributed by atoms with Crippen LogP contribution < -0.4 is 5.32 Å². The smallest absolute Gasteiger partial charge is 0.157 e. The van der Waals surface area contributed by atoms with Crippen LogP contribution in [-0.2, 0) is 6.54 Å². The molecule has 0 aliphatic carbocycles. The normalized spacial score (nSPS) is 12.6. The van der Waals surface area contributed by atoms with Crippen molar-refractivity contribution in [1.82, 2.24) is 5.32 Å². The highest BCUT2D eigenvalue weighted by molar-refractivity contribution is 5.40. The van der Waals surface area contributed by atoms with Crippen LogP contribution in [0.1, 0.15) is 25.3 Å². The van der Waals surface area contributed by atoms with Gasteiger partial charge in [0.2, 0.25) is 0 Å². The summed E-state index contributed by atoms with van der Waals surface area (Å²) in [6.07, 6.45) is 1.24. The van der Waals surface area contributed by atoms with E-state index in [0.29, 0.717) is 6.54 Å². The Morgan fingerprint density at radius 1 is 1.25 bits per heavy atom. The number of aliphatic hydroxyl groups is 1. The molecule has 0 spiro atoms. The molecule has 4 heteroatoms. The maximum Gasteiger partial charge on any atom is 0.157 e. The van der Waals surface area contributed by atoms with E-state index in [1.165, 1.54) is 12.1 Å². The summed E-state index contributed by atoms with van der Waals surface area (Å²) in [5, 5.41) is 30.9. The Labute approximate surface area is 95.6 Å². The van der Waals surface area contributed by atoms with Gasteiger partial charge in [-0.3, -0.25) is 0 Å². The van der Waals surface area contributed by atoms with Crippen molar-refractivity contribution < 1.29 is 15.3 Å². The second-order valence-corrected chi connectivity index (χ2v) is 3.85. The van der Waals surface area contributed by atoms with Crippen molar-refractivity contribution in [3.05, 3.63) is 23.8 Å². The summed E-state index contributed by atoms with van der Waals surface area (Å²) >= 11 is 0. The topological polar surface area (TPSA) is 72.7 Å². The summed E-state index contributed by atoms with van der Waals surface area (Å²) < 4.78 is 0. The molecule has 0 heterocycles. The highest BCUT2D eigenvalue weighted by Crippen LogP contribution is 2.24. The molecule has 0 saturated heterocycles. The van der Waals surface area contributed by atoms with Crippen LogP contribution in [0.3, 0.4) is 0 Å². The van der Waals surface area contributed by atoms with Crippen LogP contribution in [0.2, 0.25) is 0 Å². The van der Waals surface area contributed by atoms with Gasteiger partial charge in [-0.05, 0) is 37.1 Å². The largest absolute Gasteiger partial charge is 0.504 e. The Kier molecular flexibility index (Phi) is 5.08. The number of hydrogen-bond acceptors (Lipinski definition) is 4. The van der Waals surface area contributed by atoms with Crippen molar-refractivity contribution in [1.29, 1.82) is 0 Å². The molecule has 1 unspecified atom stereocenters. The lowest BCUT2D eigenvalue weighted by molar-refractivity contribution is 0.159. The molecular formula is C12H19NO3. The zero-order chi connectivity index (χ0) is 12.0. The first-order valence-corrected chi connectivity index (χ1v) is 5.53. The van der Waals surface area contributed by atoms with Gasteiger partial charge in [0.25, 0.3) is 0 Å². The second-order valence-electron chi connectivity index (χ2n) is 3.85. The number of phenolic OH excluding ortho intramolecular Hbond substituents is 2. The number of phenols is 2. The Morgan fingerprint density at radius 3 is 2.62 bits per heavy atom. The summed E-state index contributed by atoms with van der Waals surface area (Å²) in [5.41, 5.74) is 0.904. The molecular weight excluding hydrogens is 206 g/mol. The molecule has 0 bridgehead atoms. The van der Waals surface area contributed by atoms with E-state index >= 15 is 0 Å². The molecule has 0 aromatic heterocycles. The summed E-state index contributed by atoms with van der Waals surface area (Å²) in [4.78, 5) is 0. The molecule has 90 valence electrons. The monoisotopic (exact) mass is 225 g/mol. The SMILES string of the molecule is CCC(O)CCNCc1ccc(O)c(O)c1. The third kappa shape index (κ3) is 4.08. The Hall–Kier alpha value is -1.26. The van der Waals surface area contributed by atoms with Gasteiger partial charge in [0.1, 0.15) is 0 Å². The molecule has 1 aromatic rings. The number of nitrogens with one attached hydrogen (secondary N) is 1. The van der Waals surface area contributed by atoms with Crippen molar-refractivity contribution in [2.24, 2.45) is 0 Å². The van der Waals surface area contributed by atoms with E-state index in [-0.39, 0.29) is 17.6 Å². The average Bonchev–Trinajstić information content (AvgIpc) is 2.28. The van der Waals surface area contributed by atoms with Crippen LogP contribution >= 0.6 is 0 Å². The molecule has 0 saturated carbocycles. The van der Waals surface area contributed by atoms with Gasteiger partial charge in [0, 0.05) is 6.54 Å². The zero-order valence-electron chi connectivity index (χ0n) is 9.48. The molecule has 4 nitrogen and oxygen atoms in total. The van der Waals surface area contributed by atoms with Gasteiger partial charge in [-0.15, -0.1) is 0 Å². The molecule has 1 aromatic carbocycles. The molecule has 0 amide bonds. The fourth-order valence-electron chi connectivity index (χ4n) is 1.38. The molecule has 16 heavy (non-hydrogen) atoms. The van der Waals surface area contributed by atoms with Gasteiger partial charge in [-0.25, -0.2) is 0 Å². The minimum Gasteiger partial charge on any atom is -0.504 e. The van der Waals surface area contributed by atoms with Gasteiger partial charge in [0.05, 0.1) is 6.10 Å². The van der Waals surface area contributed by atoms with Gasteiger partial charge < -0.3 is 20.6 Å². The fraction of sp³-hybridized carbons (Fsp3) is 0.500. The van der Waals surface area contributed by atoms with Crippen LogP contribution in [0.5, 0.6) is 11.5 Å². The van der Waals surface area contributed by atoms with Crippen molar-refractivity contribution in [3.8, 4) is 11.5 Å². The maximum absolute atomic E-state index is 9.32. The van der Waals surface area contributed by atoms with E-state index in [2.05, 4.69) is 5.32 Å². The highest BCUT2D eigenvalue weighted by Gasteiger charge is 2.02. The minimum absolute atomic E-state index is 0.104. The van der Waals surface area contributed by atoms with Gasteiger partial charge >= 0.3 is 0 Å². The third-order valence-corrected chi connectivity index (χ3v) is 2.49. The van der Waals surface area contributed by atoms with Crippen LogP contribution in [0.15, 0.2) is 18.2 Å². The summed E-state index contributed by atoms with van der Waals surface area (Å²) in [6, 6.07) is 4.74. The van der Waals surface area contributed by atoms with E-state index in [0.717, 1.165) is 24.9 Å². The van der Waals surface area contributed by atoms with Crippen LogP contribution in [0.4, 0.5) is 0 Å². The third-order valence-electron chi connectivity index (χ3n) is 2.49. The predicted molar refractivity (Wildman–Crippen MR) is 62.4 cm³/mol. The Bertz CT molecular complexity index is 328. The van der Waals surface area contributed by atoms with E-state index < -0.39 is 0 Å². The lowest BCUT2D eigenvalue weighted by Gasteiger charge is -2.09. The first kappa shape index (κ1) is 12.8. The molecule has 0 fully saturated rings. The number of benzene rings is 1. The molecule has 4 N–H and O–H groups in total. The quantitative estimate of drug-likeness (QED) is 0.435. The standard InChI is InChI=1S/C12H19NO3/c1-2-10(14)5-6-13-8-9-3-4-11(15)12(16)7-9/h3-4,7,10,13-16H,2,5-6,8H2,1H3. The summed E-state index contributed by atoms with van der Waals surface area (Å²) in [7, 11) is 0. The van der Waals surface area contributed by atoms with Gasteiger partial charge in [0.15, 0.2) is 11.5 Å². The minimum atomic E-state index is -0.249. The van der Waals surface area contributed by atoms with Crippen LogP contribution in [0.25, 0.3) is 0 Å². The van der Waals surface area contributed by atoms with E-state index in [1.54, 1.807) is 6.07 Å². The summed E-state index contributed by atoms with van der Waals surface area (Å²) in [6.45, 7) is 3.30. The second kappa shape index (κ2) is 6.35. The van der Waals surface area contributed by atoms with Crippen molar-refractivity contribution in [2.75, 3.05) is 6.54 Å². The van der Waals surface area contributed by atoms with Crippen molar-refractivity contribution in [2.45, 2.75) is 32.4 Å². The van der Waals surface area contributed by atoms with Crippen LogP contribution in [-0.4, -0.2) is 28.0 Å². The molecule has 1 rings (SSSR count). The molecule has 0 aliphatic rings. The van der Waals surface area contributed by atoms with Gasteiger partial charge in [-0.1, -0.05) is 13.0 Å². The van der Waals surface area contributed by atoms with E-state index in [9.17, 15) is 10.2 Å². The lowest BCUT2D eigenvalue weighted by atomic mass is 10.2. The zero-order valence-corrected chi connectivity index (χ0v) is 9.48. The number of aromatic hydroxyl groups is 2. The highest BCUT2D eigenvalue weighted by atomic mass is 16.3. The Morgan fingerprint density at radius 2 is 2.00 bits per heavy atom.